The van der Waals surface area contributed by atoms with Gasteiger partial charge in [0.2, 0.25) is 0 Å². The molecule has 0 bridgehead atoms. The van der Waals surface area contributed by atoms with E-state index in [-0.39, 0.29) is 11.4 Å². The zero-order valence-corrected chi connectivity index (χ0v) is 12.3. The molecule has 0 atom stereocenters. The van der Waals surface area contributed by atoms with E-state index in [1.807, 2.05) is 25.1 Å². The SMILES string of the molecule is CCn1ccnc(OCCCNCc2ccccc2)c1=O. The Kier molecular flexibility index (Phi) is 5.97. The molecule has 0 aliphatic heterocycles. The molecule has 0 aliphatic rings. The lowest BCUT2D eigenvalue weighted by atomic mass is 10.2. The molecule has 21 heavy (non-hydrogen) atoms. The van der Waals surface area contributed by atoms with E-state index in [1.54, 1.807) is 17.0 Å². The molecule has 0 unspecified atom stereocenters. The Hall–Kier alpha value is -2.14. The molecule has 112 valence electrons. The minimum absolute atomic E-state index is 0.169. The van der Waals surface area contributed by atoms with E-state index < -0.39 is 0 Å². The second kappa shape index (κ2) is 8.21. The predicted molar refractivity (Wildman–Crippen MR) is 82.4 cm³/mol. The Bertz CT molecular complexity index is 596. The number of rotatable bonds is 8. The van der Waals surface area contributed by atoms with Crippen LogP contribution in [0.4, 0.5) is 0 Å². The molecule has 2 rings (SSSR count). The van der Waals surface area contributed by atoms with Crippen molar-refractivity contribution in [1.82, 2.24) is 14.9 Å². The van der Waals surface area contributed by atoms with Crippen molar-refractivity contribution in [2.75, 3.05) is 13.2 Å². The van der Waals surface area contributed by atoms with Gasteiger partial charge < -0.3 is 14.6 Å². The molecular formula is C16H21N3O2. The van der Waals surface area contributed by atoms with Gasteiger partial charge in [0.15, 0.2) is 0 Å². The summed E-state index contributed by atoms with van der Waals surface area (Å²) in [5, 5.41) is 3.34. The lowest BCUT2D eigenvalue weighted by Crippen LogP contribution is -2.23. The average molecular weight is 287 g/mol. The van der Waals surface area contributed by atoms with Gasteiger partial charge in [-0.05, 0) is 25.5 Å². The Morgan fingerprint density at radius 3 is 2.86 bits per heavy atom. The van der Waals surface area contributed by atoms with Crippen LogP contribution in [0.1, 0.15) is 18.9 Å². The van der Waals surface area contributed by atoms with Crippen molar-refractivity contribution in [3.8, 4) is 5.88 Å². The molecular weight excluding hydrogens is 266 g/mol. The highest BCUT2D eigenvalue weighted by Gasteiger charge is 2.04. The summed E-state index contributed by atoms with van der Waals surface area (Å²) < 4.78 is 7.03. The number of hydrogen-bond donors (Lipinski definition) is 1. The average Bonchev–Trinajstić information content (AvgIpc) is 2.53. The molecule has 1 N–H and O–H groups in total. The first-order chi connectivity index (χ1) is 10.3. The molecule has 0 saturated carbocycles. The molecule has 0 amide bonds. The number of nitrogens with zero attached hydrogens (tertiary/aromatic N) is 2. The van der Waals surface area contributed by atoms with Crippen LogP contribution in [-0.4, -0.2) is 22.7 Å². The molecule has 0 radical (unpaired) electrons. The summed E-state index contributed by atoms with van der Waals surface area (Å²) in [7, 11) is 0. The molecule has 5 nitrogen and oxygen atoms in total. The van der Waals surface area contributed by atoms with E-state index in [0.717, 1.165) is 19.5 Å². The minimum Gasteiger partial charge on any atom is -0.474 e. The number of benzene rings is 1. The van der Waals surface area contributed by atoms with E-state index in [9.17, 15) is 4.79 Å². The predicted octanol–water partition coefficient (Wildman–Crippen LogP) is 1.82. The van der Waals surface area contributed by atoms with E-state index in [1.165, 1.54) is 5.56 Å². The van der Waals surface area contributed by atoms with Gasteiger partial charge in [-0.2, -0.15) is 0 Å². The van der Waals surface area contributed by atoms with Crippen molar-refractivity contribution >= 4 is 0 Å². The zero-order chi connectivity index (χ0) is 14.9. The molecule has 1 heterocycles. The highest BCUT2D eigenvalue weighted by molar-refractivity contribution is 5.14. The first-order valence-corrected chi connectivity index (χ1v) is 7.24. The lowest BCUT2D eigenvalue weighted by molar-refractivity contribution is 0.289. The third kappa shape index (κ3) is 4.72. The smallest absolute Gasteiger partial charge is 0.313 e. The van der Waals surface area contributed by atoms with Crippen molar-refractivity contribution in [3.05, 3.63) is 58.6 Å². The maximum Gasteiger partial charge on any atom is 0.313 e. The number of aryl methyl sites for hydroxylation is 1. The van der Waals surface area contributed by atoms with Gasteiger partial charge in [0, 0.05) is 25.5 Å². The molecule has 0 fully saturated rings. The minimum atomic E-state index is -0.169. The first kappa shape index (κ1) is 15.3. The van der Waals surface area contributed by atoms with E-state index >= 15 is 0 Å². The van der Waals surface area contributed by atoms with Crippen molar-refractivity contribution in [3.63, 3.8) is 0 Å². The summed E-state index contributed by atoms with van der Waals surface area (Å²) >= 11 is 0. The molecule has 0 aliphatic carbocycles. The number of ether oxygens (including phenoxy) is 1. The second-order valence-corrected chi connectivity index (χ2v) is 4.69. The quantitative estimate of drug-likeness (QED) is 0.753. The van der Waals surface area contributed by atoms with Crippen LogP contribution in [0.3, 0.4) is 0 Å². The van der Waals surface area contributed by atoms with Crippen molar-refractivity contribution in [2.45, 2.75) is 26.4 Å². The summed E-state index contributed by atoms with van der Waals surface area (Å²) in [6.45, 7) is 4.70. The maximum atomic E-state index is 11.9. The largest absolute Gasteiger partial charge is 0.474 e. The molecule has 0 spiro atoms. The summed E-state index contributed by atoms with van der Waals surface area (Å²) in [6.07, 6.45) is 4.08. The van der Waals surface area contributed by atoms with Crippen molar-refractivity contribution in [2.24, 2.45) is 0 Å². The normalized spacial score (nSPS) is 10.5. The Balaban J connectivity index is 1.67. The standard InChI is InChI=1S/C16H21N3O2/c1-2-19-11-10-18-15(16(19)20)21-12-6-9-17-13-14-7-4-3-5-8-14/h3-5,7-8,10-11,17H,2,6,9,12-13H2,1H3. The van der Waals surface area contributed by atoms with Crippen LogP contribution in [0, 0.1) is 0 Å². The molecule has 1 aromatic carbocycles. The fourth-order valence-electron chi connectivity index (χ4n) is 1.97. The van der Waals surface area contributed by atoms with Gasteiger partial charge in [0.25, 0.3) is 5.88 Å². The molecule has 5 heteroatoms. The third-order valence-corrected chi connectivity index (χ3v) is 3.13. The van der Waals surface area contributed by atoms with Crippen LogP contribution in [0.2, 0.25) is 0 Å². The van der Waals surface area contributed by atoms with Crippen LogP contribution in [-0.2, 0) is 13.1 Å². The van der Waals surface area contributed by atoms with E-state index in [4.69, 9.17) is 4.74 Å². The summed E-state index contributed by atoms with van der Waals surface area (Å²) in [5.41, 5.74) is 1.09. The zero-order valence-electron chi connectivity index (χ0n) is 12.3. The number of hydrogen-bond acceptors (Lipinski definition) is 4. The molecule has 1 aromatic heterocycles. The highest BCUT2D eigenvalue weighted by atomic mass is 16.5. The summed E-state index contributed by atoms with van der Waals surface area (Å²) in [4.78, 5) is 15.8. The Labute approximate surface area is 124 Å². The Morgan fingerprint density at radius 1 is 1.29 bits per heavy atom. The first-order valence-electron chi connectivity index (χ1n) is 7.24. The summed E-state index contributed by atoms with van der Waals surface area (Å²) in [5.74, 6) is 0.183. The third-order valence-electron chi connectivity index (χ3n) is 3.13. The Morgan fingerprint density at radius 2 is 2.10 bits per heavy atom. The molecule has 0 saturated heterocycles. The van der Waals surface area contributed by atoms with Gasteiger partial charge in [-0.3, -0.25) is 4.79 Å². The van der Waals surface area contributed by atoms with Gasteiger partial charge in [-0.15, -0.1) is 0 Å². The van der Waals surface area contributed by atoms with Crippen LogP contribution in [0.5, 0.6) is 5.88 Å². The maximum absolute atomic E-state index is 11.9. The lowest BCUT2D eigenvalue weighted by Gasteiger charge is -2.07. The van der Waals surface area contributed by atoms with Crippen LogP contribution in [0.15, 0.2) is 47.5 Å². The van der Waals surface area contributed by atoms with Gasteiger partial charge in [-0.1, -0.05) is 30.3 Å². The summed E-state index contributed by atoms with van der Waals surface area (Å²) in [6, 6.07) is 10.2. The van der Waals surface area contributed by atoms with Crippen LogP contribution < -0.4 is 15.6 Å². The van der Waals surface area contributed by atoms with Crippen LogP contribution >= 0.6 is 0 Å². The van der Waals surface area contributed by atoms with E-state index in [0.29, 0.717) is 13.2 Å². The van der Waals surface area contributed by atoms with Crippen molar-refractivity contribution in [1.29, 1.82) is 0 Å². The van der Waals surface area contributed by atoms with Gasteiger partial charge in [0.05, 0.1) is 6.61 Å². The van der Waals surface area contributed by atoms with Gasteiger partial charge >= 0.3 is 5.56 Å². The van der Waals surface area contributed by atoms with Gasteiger partial charge in [0.1, 0.15) is 0 Å². The van der Waals surface area contributed by atoms with E-state index in [2.05, 4.69) is 22.4 Å². The monoisotopic (exact) mass is 287 g/mol. The van der Waals surface area contributed by atoms with Crippen LogP contribution in [0.25, 0.3) is 0 Å². The van der Waals surface area contributed by atoms with Crippen molar-refractivity contribution < 1.29 is 4.74 Å². The second-order valence-electron chi connectivity index (χ2n) is 4.69. The topological polar surface area (TPSA) is 56.1 Å². The molecule has 2 aromatic rings. The number of nitrogens with one attached hydrogen (secondary N) is 1. The number of aromatic nitrogens is 2. The fraction of sp³-hybridized carbons (Fsp3) is 0.375. The fourth-order valence-corrected chi connectivity index (χ4v) is 1.97. The highest BCUT2D eigenvalue weighted by Crippen LogP contribution is 1.98. The van der Waals surface area contributed by atoms with Gasteiger partial charge in [-0.25, -0.2) is 4.98 Å².